The van der Waals surface area contributed by atoms with Crippen molar-refractivity contribution in [3.05, 3.63) is 100 Å². The molecule has 0 radical (unpaired) electrons. The molecule has 3 heteroatoms. The molecule has 0 bridgehead atoms. The van der Waals surface area contributed by atoms with Crippen molar-refractivity contribution in [3.8, 4) is 0 Å². The van der Waals surface area contributed by atoms with Crippen molar-refractivity contribution >= 4 is 27.5 Å². The Morgan fingerprint density at radius 2 is 1.44 bits per heavy atom. The van der Waals surface area contributed by atoms with E-state index in [4.69, 9.17) is 0 Å². The fourth-order valence-corrected chi connectivity index (χ4v) is 3.73. The summed E-state index contributed by atoms with van der Waals surface area (Å²) in [6.45, 7) is 2.08. The van der Waals surface area contributed by atoms with E-state index in [1.807, 2.05) is 59.5 Å². The van der Waals surface area contributed by atoms with Crippen LogP contribution in [0.4, 0.5) is 5.69 Å². The van der Waals surface area contributed by atoms with Gasteiger partial charge in [0.15, 0.2) is 0 Å². The number of nitrogens with zero attached hydrogens (tertiary/aromatic N) is 1. The van der Waals surface area contributed by atoms with Crippen LogP contribution in [0.2, 0.25) is 0 Å². The van der Waals surface area contributed by atoms with E-state index in [-0.39, 0.29) is 17.9 Å². The lowest BCUT2D eigenvalue weighted by molar-refractivity contribution is -0.126. The second kappa shape index (κ2) is 6.49. The van der Waals surface area contributed by atoms with Crippen molar-refractivity contribution < 1.29 is 4.79 Å². The molecule has 0 aromatic heterocycles. The van der Waals surface area contributed by atoms with E-state index in [2.05, 4.69) is 47.1 Å². The maximum absolute atomic E-state index is 13.0. The maximum atomic E-state index is 13.0. The summed E-state index contributed by atoms with van der Waals surface area (Å²) in [7, 11) is 0. The zero-order chi connectivity index (χ0) is 17.4. The Hall–Kier alpha value is -2.39. The second-order valence-corrected chi connectivity index (χ2v) is 7.34. The average molecular weight is 392 g/mol. The first-order chi connectivity index (χ1) is 12.1. The molecule has 25 heavy (non-hydrogen) atoms. The monoisotopic (exact) mass is 391 g/mol. The standard InChI is InChI=1S/C22H18BrNO/c1-15-7-9-17(10-8-15)21-20(16-5-3-2-4-6-16)22(25)24(21)19-13-11-18(23)12-14-19/h2-14,20-21H,1H3. The van der Waals surface area contributed by atoms with Crippen LogP contribution in [-0.4, -0.2) is 5.91 Å². The molecule has 1 fully saturated rings. The Morgan fingerprint density at radius 3 is 2.08 bits per heavy atom. The van der Waals surface area contributed by atoms with Crippen molar-refractivity contribution in [1.29, 1.82) is 0 Å². The SMILES string of the molecule is Cc1ccc(C2C(c3ccccc3)C(=O)N2c2ccc(Br)cc2)cc1. The Bertz CT molecular complexity index is 888. The van der Waals surface area contributed by atoms with Gasteiger partial charge in [0.2, 0.25) is 5.91 Å². The van der Waals surface area contributed by atoms with E-state index in [1.165, 1.54) is 11.1 Å². The van der Waals surface area contributed by atoms with Crippen LogP contribution in [0.15, 0.2) is 83.3 Å². The van der Waals surface area contributed by atoms with Crippen molar-refractivity contribution in [2.24, 2.45) is 0 Å². The number of rotatable bonds is 3. The predicted octanol–water partition coefficient (Wildman–Crippen LogP) is 5.63. The van der Waals surface area contributed by atoms with Gasteiger partial charge in [0, 0.05) is 10.2 Å². The summed E-state index contributed by atoms with van der Waals surface area (Å²) in [5.41, 5.74) is 4.40. The lowest BCUT2D eigenvalue weighted by atomic mass is 9.77. The molecule has 0 saturated carbocycles. The molecular formula is C22H18BrNO. The van der Waals surface area contributed by atoms with Crippen LogP contribution >= 0.6 is 15.9 Å². The number of aryl methyl sites for hydroxylation is 1. The molecule has 4 rings (SSSR count). The topological polar surface area (TPSA) is 20.3 Å². The molecule has 1 heterocycles. The van der Waals surface area contributed by atoms with Gasteiger partial charge in [-0.3, -0.25) is 4.79 Å². The highest BCUT2D eigenvalue weighted by atomic mass is 79.9. The molecule has 2 unspecified atom stereocenters. The van der Waals surface area contributed by atoms with E-state index in [9.17, 15) is 4.79 Å². The third kappa shape index (κ3) is 2.89. The van der Waals surface area contributed by atoms with E-state index >= 15 is 0 Å². The van der Waals surface area contributed by atoms with Gasteiger partial charge in [-0.2, -0.15) is 0 Å². The first-order valence-electron chi connectivity index (χ1n) is 8.35. The Balaban J connectivity index is 1.77. The molecule has 1 aliphatic rings. The third-order valence-corrected chi connectivity index (χ3v) is 5.31. The van der Waals surface area contributed by atoms with Gasteiger partial charge in [-0.1, -0.05) is 76.1 Å². The van der Waals surface area contributed by atoms with Crippen molar-refractivity contribution in [1.82, 2.24) is 0 Å². The van der Waals surface area contributed by atoms with Crippen LogP contribution in [0.1, 0.15) is 28.7 Å². The fourth-order valence-electron chi connectivity index (χ4n) is 3.47. The second-order valence-electron chi connectivity index (χ2n) is 6.43. The summed E-state index contributed by atoms with van der Waals surface area (Å²) >= 11 is 3.46. The number of carbonyl (C=O) groups is 1. The first kappa shape index (κ1) is 16.1. The average Bonchev–Trinajstić information content (AvgIpc) is 2.63. The molecule has 3 aromatic rings. The van der Waals surface area contributed by atoms with Gasteiger partial charge in [0.25, 0.3) is 0 Å². The molecule has 1 aliphatic heterocycles. The number of hydrogen-bond donors (Lipinski definition) is 0. The van der Waals surface area contributed by atoms with Crippen LogP contribution in [0, 0.1) is 6.92 Å². The zero-order valence-corrected chi connectivity index (χ0v) is 15.5. The van der Waals surface area contributed by atoms with Gasteiger partial charge in [0.1, 0.15) is 0 Å². The minimum atomic E-state index is -0.132. The fraction of sp³-hybridized carbons (Fsp3) is 0.136. The van der Waals surface area contributed by atoms with Crippen LogP contribution in [0.3, 0.4) is 0 Å². The van der Waals surface area contributed by atoms with Crippen molar-refractivity contribution in [3.63, 3.8) is 0 Å². The summed E-state index contributed by atoms with van der Waals surface area (Å²) < 4.78 is 1.01. The lowest BCUT2D eigenvalue weighted by Crippen LogP contribution is -2.53. The number of amides is 1. The summed E-state index contributed by atoms with van der Waals surface area (Å²) in [5, 5.41) is 0. The molecule has 1 saturated heterocycles. The van der Waals surface area contributed by atoms with Gasteiger partial charge in [0.05, 0.1) is 12.0 Å². The van der Waals surface area contributed by atoms with Crippen LogP contribution in [0.5, 0.6) is 0 Å². The van der Waals surface area contributed by atoms with E-state index in [0.29, 0.717) is 0 Å². The van der Waals surface area contributed by atoms with Gasteiger partial charge in [-0.05, 0) is 42.3 Å². The number of carbonyl (C=O) groups excluding carboxylic acids is 1. The molecule has 0 spiro atoms. The highest BCUT2D eigenvalue weighted by Gasteiger charge is 2.49. The van der Waals surface area contributed by atoms with Crippen molar-refractivity contribution in [2.75, 3.05) is 4.90 Å². The van der Waals surface area contributed by atoms with Gasteiger partial charge < -0.3 is 4.90 Å². The molecule has 2 nitrogen and oxygen atoms in total. The molecule has 0 aliphatic carbocycles. The van der Waals surface area contributed by atoms with Gasteiger partial charge in [-0.15, -0.1) is 0 Å². The minimum Gasteiger partial charge on any atom is -0.303 e. The zero-order valence-electron chi connectivity index (χ0n) is 13.9. The van der Waals surface area contributed by atoms with Crippen LogP contribution < -0.4 is 4.90 Å². The Labute approximate surface area is 156 Å². The minimum absolute atomic E-state index is 0.0247. The summed E-state index contributed by atoms with van der Waals surface area (Å²) in [6.07, 6.45) is 0. The van der Waals surface area contributed by atoms with Crippen LogP contribution in [-0.2, 0) is 4.79 Å². The number of hydrogen-bond acceptors (Lipinski definition) is 1. The maximum Gasteiger partial charge on any atom is 0.237 e. The molecule has 2 atom stereocenters. The van der Waals surface area contributed by atoms with Crippen LogP contribution in [0.25, 0.3) is 0 Å². The molecular weight excluding hydrogens is 374 g/mol. The summed E-state index contributed by atoms with van der Waals surface area (Å²) in [4.78, 5) is 14.9. The molecule has 3 aromatic carbocycles. The number of benzene rings is 3. The lowest BCUT2D eigenvalue weighted by Gasteiger charge is -2.47. The molecule has 0 N–H and O–H groups in total. The highest BCUT2D eigenvalue weighted by molar-refractivity contribution is 9.10. The predicted molar refractivity (Wildman–Crippen MR) is 105 cm³/mol. The summed E-state index contributed by atoms with van der Waals surface area (Å²) in [5.74, 6) is 0.0200. The van der Waals surface area contributed by atoms with E-state index in [0.717, 1.165) is 15.7 Å². The smallest absolute Gasteiger partial charge is 0.237 e. The third-order valence-electron chi connectivity index (χ3n) is 4.78. The molecule has 1 amide bonds. The van der Waals surface area contributed by atoms with Gasteiger partial charge in [-0.25, -0.2) is 0 Å². The summed E-state index contributed by atoms with van der Waals surface area (Å²) in [6, 6.07) is 26.5. The van der Waals surface area contributed by atoms with Gasteiger partial charge >= 0.3 is 0 Å². The Kier molecular flexibility index (Phi) is 4.18. The largest absolute Gasteiger partial charge is 0.303 e. The normalized spacial score (nSPS) is 19.6. The number of β-lactam (4-membered cyclic amide) rings is 1. The van der Waals surface area contributed by atoms with E-state index < -0.39 is 0 Å². The number of halogens is 1. The van der Waals surface area contributed by atoms with E-state index in [1.54, 1.807) is 0 Å². The quantitative estimate of drug-likeness (QED) is 0.529. The first-order valence-corrected chi connectivity index (χ1v) is 9.14. The number of anilines is 1. The highest BCUT2D eigenvalue weighted by Crippen LogP contribution is 2.48. The Morgan fingerprint density at radius 1 is 0.800 bits per heavy atom. The molecule has 124 valence electrons. The van der Waals surface area contributed by atoms with Crippen molar-refractivity contribution in [2.45, 2.75) is 18.9 Å².